The van der Waals surface area contributed by atoms with Crippen LogP contribution in [0.5, 0.6) is 0 Å². The van der Waals surface area contributed by atoms with Crippen LogP contribution < -0.4 is 0 Å². The molecule has 1 aliphatic rings. The lowest BCUT2D eigenvalue weighted by molar-refractivity contribution is -0.136. The summed E-state index contributed by atoms with van der Waals surface area (Å²) in [6.07, 6.45) is 6.72. The van der Waals surface area contributed by atoms with E-state index in [2.05, 4.69) is 6.92 Å². The number of carboxylic acid groups (broad SMARTS) is 1. The van der Waals surface area contributed by atoms with Gasteiger partial charge < -0.3 is 9.84 Å². The minimum Gasteiger partial charge on any atom is -0.481 e. The SMILES string of the molecule is CCC1CCCC(OCc2ccc(CC(=O)O)cc2)C1. The lowest BCUT2D eigenvalue weighted by atomic mass is 9.85. The molecule has 0 saturated heterocycles. The molecule has 110 valence electrons. The number of aliphatic carboxylic acids is 1. The fourth-order valence-electron chi connectivity index (χ4n) is 2.91. The Morgan fingerprint density at radius 2 is 1.95 bits per heavy atom. The summed E-state index contributed by atoms with van der Waals surface area (Å²) >= 11 is 0. The molecule has 2 rings (SSSR count). The fourth-order valence-corrected chi connectivity index (χ4v) is 2.91. The maximum atomic E-state index is 10.6. The van der Waals surface area contributed by atoms with Gasteiger partial charge in [0.15, 0.2) is 0 Å². The highest BCUT2D eigenvalue weighted by Crippen LogP contribution is 2.28. The first-order chi connectivity index (χ1) is 9.67. The third-order valence-corrected chi connectivity index (χ3v) is 4.18. The van der Waals surface area contributed by atoms with Crippen LogP contribution in [0.1, 0.15) is 50.2 Å². The van der Waals surface area contributed by atoms with Crippen LogP contribution in [0.4, 0.5) is 0 Å². The van der Waals surface area contributed by atoms with E-state index in [0.717, 1.165) is 17.0 Å². The monoisotopic (exact) mass is 276 g/mol. The number of carboxylic acids is 1. The van der Waals surface area contributed by atoms with E-state index in [4.69, 9.17) is 9.84 Å². The molecule has 0 heterocycles. The summed E-state index contributed by atoms with van der Waals surface area (Å²) in [6, 6.07) is 7.70. The van der Waals surface area contributed by atoms with E-state index in [-0.39, 0.29) is 6.42 Å². The van der Waals surface area contributed by atoms with E-state index in [1.165, 1.54) is 32.1 Å². The van der Waals surface area contributed by atoms with E-state index in [1.807, 2.05) is 24.3 Å². The number of hydrogen-bond acceptors (Lipinski definition) is 2. The van der Waals surface area contributed by atoms with Gasteiger partial charge in [0.2, 0.25) is 0 Å². The highest BCUT2D eigenvalue weighted by Gasteiger charge is 2.21. The van der Waals surface area contributed by atoms with Crippen LogP contribution in [0.2, 0.25) is 0 Å². The van der Waals surface area contributed by atoms with Crippen LogP contribution in [0, 0.1) is 5.92 Å². The van der Waals surface area contributed by atoms with Crippen molar-refractivity contribution in [2.45, 2.75) is 58.2 Å². The molecule has 2 unspecified atom stereocenters. The first kappa shape index (κ1) is 15.0. The Labute approximate surface area is 121 Å². The Hall–Kier alpha value is -1.35. The average Bonchev–Trinajstić information content (AvgIpc) is 2.46. The van der Waals surface area contributed by atoms with Crippen molar-refractivity contribution >= 4 is 5.97 Å². The van der Waals surface area contributed by atoms with Gasteiger partial charge in [0.1, 0.15) is 0 Å². The van der Waals surface area contributed by atoms with Crippen LogP contribution in [0.15, 0.2) is 24.3 Å². The molecule has 1 saturated carbocycles. The van der Waals surface area contributed by atoms with E-state index in [1.54, 1.807) is 0 Å². The zero-order valence-corrected chi connectivity index (χ0v) is 12.2. The zero-order chi connectivity index (χ0) is 14.4. The Kier molecular flexibility index (Phi) is 5.60. The maximum absolute atomic E-state index is 10.6. The molecule has 3 nitrogen and oxygen atoms in total. The molecule has 0 aromatic heterocycles. The highest BCUT2D eigenvalue weighted by atomic mass is 16.5. The van der Waals surface area contributed by atoms with E-state index in [9.17, 15) is 4.79 Å². The molecule has 20 heavy (non-hydrogen) atoms. The summed E-state index contributed by atoms with van der Waals surface area (Å²) in [4.78, 5) is 10.6. The molecule has 3 heteroatoms. The third kappa shape index (κ3) is 4.64. The Balaban J connectivity index is 1.80. The van der Waals surface area contributed by atoms with Crippen molar-refractivity contribution in [2.24, 2.45) is 5.92 Å². The number of ether oxygens (including phenoxy) is 1. The first-order valence-corrected chi connectivity index (χ1v) is 7.58. The zero-order valence-electron chi connectivity index (χ0n) is 12.2. The average molecular weight is 276 g/mol. The van der Waals surface area contributed by atoms with Crippen molar-refractivity contribution in [3.63, 3.8) is 0 Å². The quantitative estimate of drug-likeness (QED) is 0.859. The van der Waals surface area contributed by atoms with Crippen molar-refractivity contribution in [1.82, 2.24) is 0 Å². The molecule has 1 fully saturated rings. The molecule has 2 atom stereocenters. The van der Waals surface area contributed by atoms with Crippen LogP contribution in [0.25, 0.3) is 0 Å². The fraction of sp³-hybridized carbons (Fsp3) is 0.588. The minimum absolute atomic E-state index is 0.0853. The summed E-state index contributed by atoms with van der Waals surface area (Å²) < 4.78 is 6.01. The number of benzene rings is 1. The van der Waals surface area contributed by atoms with Gasteiger partial charge in [-0.25, -0.2) is 0 Å². The molecule has 0 aliphatic heterocycles. The summed E-state index contributed by atoms with van der Waals surface area (Å²) in [5, 5.41) is 8.73. The van der Waals surface area contributed by atoms with Gasteiger partial charge in [0.05, 0.1) is 19.1 Å². The third-order valence-electron chi connectivity index (χ3n) is 4.18. The minimum atomic E-state index is -0.790. The second-order valence-corrected chi connectivity index (χ2v) is 5.76. The van der Waals surface area contributed by atoms with Gasteiger partial charge in [0.25, 0.3) is 0 Å². The molecule has 0 amide bonds. The van der Waals surface area contributed by atoms with Crippen LogP contribution >= 0.6 is 0 Å². The number of hydrogen-bond donors (Lipinski definition) is 1. The molecular weight excluding hydrogens is 252 g/mol. The van der Waals surface area contributed by atoms with Gasteiger partial charge in [-0.3, -0.25) is 4.79 Å². The Morgan fingerprint density at radius 3 is 2.60 bits per heavy atom. The molecular formula is C17H24O3. The summed E-state index contributed by atoms with van der Waals surface area (Å²) in [5.41, 5.74) is 1.96. The largest absolute Gasteiger partial charge is 0.481 e. The van der Waals surface area contributed by atoms with E-state index >= 15 is 0 Å². The van der Waals surface area contributed by atoms with E-state index < -0.39 is 5.97 Å². The van der Waals surface area contributed by atoms with Crippen LogP contribution in [-0.4, -0.2) is 17.2 Å². The number of carbonyl (C=O) groups is 1. The summed E-state index contributed by atoms with van der Waals surface area (Å²) in [5.74, 6) is 0.0357. The van der Waals surface area contributed by atoms with Crippen molar-refractivity contribution in [3.8, 4) is 0 Å². The van der Waals surface area contributed by atoms with E-state index in [0.29, 0.717) is 12.7 Å². The molecule has 1 aromatic carbocycles. The van der Waals surface area contributed by atoms with Gasteiger partial charge in [0, 0.05) is 0 Å². The first-order valence-electron chi connectivity index (χ1n) is 7.58. The maximum Gasteiger partial charge on any atom is 0.307 e. The standard InChI is InChI=1S/C17H24O3/c1-2-13-4-3-5-16(10-13)20-12-15-8-6-14(7-9-15)11-17(18)19/h6-9,13,16H,2-5,10-12H2,1H3,(H,18,19). The molecule has 0 spiro atoms. The smallest absolute Gasteiger partial charge is 0.307 e. The van der Waals surface area contributed by atoms with Crippen LogP contribution in [0.3, 0.4) is 0 Å². The van der Waals surface area contributed by atoms with Crippen molar-refractivity contribution in [2.75, 3.05) is 0 Å². The highest BCUT2D eigenvalue weighted by molar-refractivity contribution is 5.70. The Morgan fingerprint density at radius 1 is 1.25 bits per heavy atom. The molecule has 1 aliphatic carbocycles. The topological polar surface area (TPSA) is 46.5 Å². The van der Waals surface area contributed by atoms with Gasteiger partial charge >= 0.3 is 5.97 Å². The lowest BCUT2D eigenvalue weighted by Crippen LogP contribution is -2.22. The second-order valence-electron chi connectivity index (χ2n) is 5.76. The molecule has 1 N–H and O–H groups in total. The second kappa shape index (κ2) is 7.44. The summed E-state index contributed by atoms with van der Waals surface area (Å²) in [7, 11) is 0. The summed E-state index contributed by atoms with van der Waals surface area (Å²) in [6.45, 7) is 2.89. The van der Waals surface area contributed by atoms with Crippen molar-refractivity contribution in [3.05, 3.63) is 35.4 Å². The van der Waals surface area contributed by atoms with Gasteiger partial charge in [-0.05, 0) is 29.9 Å². The molecule has 0 bridgehead atoms. The Bertz CT molecular complexity index is 424. The van der Waals surface area contributed by atoms with Gasteiger partial charge in [-0.1, -0.05) is 50.5 Å². The van der Waals surface area contributed by atoms with Crippen molar-refractivity contribution < 1.29 is 14.6 Å². The van der Waals surface area contributed by atoms with Gasteiger partial charge in [-0.15, -0.1) is 0 Å². The molecule has 1 aromatic rings. The van der Waals surface area contributed by atoms with Gasteiger partial charge in [-0.2, -0.15) is 0 Å². The normalized spacial score (nSPS) is 22.6. The lowest BCUT2D eigenvalue weighted by Gasteiger charge is -2.28. The van der Waals surface area contributed by atoms with Crippen molar-refractivity contribution in [1.29, 1.82) is 0 Å². The predicted octanol–water partition coefficient (Wildman–Crippen LogP) is 3.80. The number of rotatable bonds is 6. The predicted molar refractivity (Wildman–Crippen MR) is 78.6 cm³/mol. The van der Waals surface area contributed by atoms with Crippen LogP contribution in [-0.2, 0) is 22.6 Å². The molecule has 0 radical (unpaired) electrons.